The Balaban J connectivity index is 1.84. The first-order chi connectivity index (χ1) is 12.5. The standard InChI is InChI=1S/C21H19NO4/c1-14(2)20(16-7-10-18(11-8-16)22(24)25)21(23)26-19-12-9-15-5-3-4-6-17(15)13-19/h3-14,20H,1-2H3. The minimum absolute atomic E-state index is 0.000785. The van der Waals surface area contributed by atoms with Gasteiger partial charge in [0.15, 0.2) is 0 Å². The number of ether oxygens (including phenoxy) is 1. The van der Waals surface area contributed by atoms with Crippen molar-refractivity contribution in [3.05, 3.63) is 82.4 Å². The van der Waals surface area contributed by atoms with Crippen LogP contribution in [0.4, 0.5) is 5.69 Å². The largest absolute Gasteiger partial charge is 0.426 e. The number of hydrogen-bond acceptors (Lipinski definition) is 4. The van der Waals surface area contributed by atoms with Gasteiger partial charge in [-0.1, -0.05) is 56.3 Å². The van der Waals surface area contributed by atoms with Crippen LogP contribution in [0.25, 0.3) is 10.8 Å². The Kier molecular flexibility index (Phi) is 4.98. The number of rotatable bonds is 5. The summed E-state index contributed by atoms with van der Waals surface area (Å²) in [7, 11) is 0. The van der Waals surface area contributed by atoms with Crippen LogP contribution in [0, 0.1) is 16.0 Å². The molecule has 0 spiro atoms. The summed E-state index contributed by atoms with van der Waals surface area (Å²) in [5, 5.41) is 12.9. The average Bonchev–Trinajstić information content (AvgIpc) is 2.62. The third-order valence-corrected chi connectivity index (χ3v) is 4.32. The molecular weight excluding hydrogens is 330 g/mol. The van der Waals surface area contributed by atoms with Crippen LogP contribution in [0.3, 0.4) is 0 Å². The highest BCUT2D eigenvalue weighted by Gasteiger charge is 2.27. The van der Waals surface area contributed by atoms with Gasteiger partial charge in [-0.05, 0) is 34.4 Å². The van der Waals surface area contributed by atoms with Crippen LogP contribution in [0.5, 0.6) is 5.75 Å². The number of nitrogens with zero attached hydrogens (tertiary/aromatic N) is 1. The monoisotopic (exact) mass is 349 g/mol. The van der Waals surface area contributed by atoms with E-state index in [2.05, 4.69) is 0 Å². The molecule has 1 atom stereocenters. The normalized spacial score (nSPS) is 12.1. The summed E-state index contributed by atoms with van der Waals surface area (Å²) in [4.78, 5) is 23.1. The molecule has 5 nitrogen and oxygen atoms in total. The first kappa shape index (κ1) is 17.6. The van der Waals surface area contributed by atoms with E-state index in [0.717, 1.165) is 10.8 Å². The Morgan fingerprint density at radius 1 is 0.962 bits per heavy atom. The quantitative estimate of drug-likeness (QED) is 0.278. The summed E-state index contributed by atoms with van der Waals surface area (Å²) in [6, 6.07) is 19.4. The SMILES string of the molecule is CC(C)C(C(=O)Oc1ccc2ccccc2c1)c1ccc([N+](=O)[O-])cc1. The molecule has 3 aromatic rings. The molecule has 0 radical (unpaired) electrons. The lowest BCUT2D eigenvalue weighted by molar-refractivity contribution is -0.384. The molecule has 26 heavy (non-hydrogen) atoms. The van der Waals surface area contributed by atoms with Crippen molar-refractivity contribution in [2.24, 2.45) is 5.92 Å². The molecule has 0 aliphatic heterocycles. The molecule has 0 saturated carbocycles. The number of nitro benzene ring substituents is 1. The Morgan fingerprint density at radius 3 is 2.23 bits per heavy atom. The van der Waals surface area contributed by atoms with E-state index in [-0.39, 0.29) is 17.6 Å². The topological polar surface area (TPSA) is 69.4 Å². The molecule has 0 aromatic heterocycles. The summed E-state index contributed by atoms with van der Waals surface area (Å²) in [5.74, 6) is -0.392. The fourth-order valence-corrected chi connectivity index (χ4v) is 3.01. The van der Waals surface area contributed by atoms with Crippen LogP contribution in [-0.4, -0.2) is 10.9 Å². The van der Waals surface area contributed by atoms with Gasteiger partial charge >= 0.3 is 5.97 Å². The van der Waals surface area contributed by atoms with Crippen LogP contribution in [0.1, 0.15) is 25.3 Å². The fourth-order valence-electron chi connectivity index (χ4n) is 3.01. The maximum absolute atomic E-state index is 12.8. The first-order valence-electron chi connectivity index (χ1n) is 8.40. The van der Waals surface area contributed by atoms with E-state index in [0.29, 0.717) is 11.3 Å². The van der Waals surface area contributed by atoms with E-state index < -0.39 is 10.8 Å². The zero-order valence-corrected chi connectivity index (χ0v) is 14.6. The van der Waals surface area contributed by atoms with E-state index in [1.165, 1.54) is 12.1 Å². The van der Waals surface area contributed by atoms with Crippen LogP contribution in [0.15, 0.2) is 66.7 Å². The number of carbonyl (C=O) groups excluding carboxylic acids is 1. The molecule has 3 rings (SSSR count). The summed E-state index contributed by atoms with van der Waals surface area (Å²) in [5.41, 5.74) is 0.704. The molecule has 0 amide bonds. The molecule has 0 saturated heterocycles. The summed E-state index contributed by atoms with van der Waals surface area (Å²) < 4.78 is 5.61. The van der Waals surface area contributed by atoms with Gasteiger partial charge in [-0.2, -0.15) is 0 Å². The van der Waals surface area contributed by atoms with E-state index in [4.69, 9.17) is 4.74 Å². The third kappa shape index (κ3) is 3.72. The highest BCUT2D eigenvalue weighted by Crippen LogP contribution is 2.29. The smallest absolute Gasteiger partial charge is 0.319 e. The number of benzene rings is 3. The maximum Gasteiger partial charge on any atom is 0.319 e. The summed E-state index contributed by atoms with van der Waals surface area (Å²) in [6.07, 6.45) is 0. The second-order valence-electron chi connectivity index (χ2n) is 6.50. The van der Waals surface area contributed by atoms with Gasteiger partial charge in [0, 0.05) is 12.1 Å². The predicted octanol–water partition coefficient (Wildman–Crippen LogP) is 5.09. The molecule has 132 valence electrons. The number of esters is 1. The minimum Gasteiger partial charge on any atom is -0.426 e. The lowest BCUT2D eigenvalue weighted by Crippen LogP contribution is -2.23. The van der Waals surface area contributed by atoms with Crippen LogP contribution in [0.2, 0.25) is 0 Å². The predicted molar refractivity (Wildman–Crippen MR) is 100 cm³/mol. The number of non-ortho nitro benzene ring substituents is 1. The Hall–Kier alpha value is -3.21. The zero-order chi connectivity index (χ0) is 18.7. The van der Waals surface area contributed by atoms with Crippen molar-refractivity contribution >= 4 is 22.4 Å². The van der Waals surface area contributed by atoms with Crippen molar-refractivity contribution < 1.29 is 14.5 Å². The van der Waals surface area contributed by atoms with E-state index in [9.17, 15) is 14.9 Å². The van der Waals surface area contributed by atoms with Gasteiger partial charge in [-0.3, -0.25) is 14.9 Å². The van der Waals surface area contributed by atoms with Crippen molar-refractivity contribution in [2.45, 2.75) is 19.8 Å². The van der Waals surface area contributed by atoms with Crippen molar-refractivity contribution in [3.63, 3.8) is 0 Å². The van der Waals surface area contributed by atoms with E-state index in [1.54, 1.807) is 18.2 Å². The number of carbonyl (C=O) groups is 1. The maximum atomic E-state index is 12.8. The highest BCUT2D eigenvalue weighted by molar-refractivity contribution is 5.86. The molecule has 1 unspecified atom stereocenters. The molecule has 5 heteroatoms. The molecule has 0 fully saturated rings. The van der Waals surface area contributed by atoms with Gasteiger partial charge in [0.05, 0.1) is 10.8 Å². The Labute approximate surface area is 151 Å². The van der Waals surface area contributed by atoms with Gasteiger partial charge in [-0.15, -0.1) is 0 Å². The lowest BCUT2D eigenvalue weighted by Gasteiger charge is -2.19. The van der Waals surface area contributed by atoms with Crippen molar-refractivity contribution in [1.29, 1.82) is 0 Å². The highest BCUT2D eigenvalue weighted by atomic mass is 16.6. The molecule has 0 aliphatic rings. The molecule has 0 N–H and O–H groups in total. The molecular formula is C21H19NO4. The average molecular weight is 349 g/mol. The minimum atomic E-state index is -0.498. The van der Waals surface area contributed by atoms with Crippen LogP contribution >= 0.6 is 0 Å². The van der Waals surface area contributed by atoms with Crippen LogP contribution in [-0.2, 0) is 4.79 Å². The summed E-state index contributed by atoms with van der Waals surface area (Å²) >= 11 is 0. The first-order valence-corrected chi connectivity index (χ1v) is 8.40. The molecule has 0 aliphatic carbocycles. The number of hydrogen-bond donors (Lipinski definition) is 0. The van der Waals surface area contributed by atoms with Gasteiger partial charge < -0.3 is 4.74 Å². The summed E-state index contributed by atoms with van der Waals surface area (Å²) in [6.45, 7) is 3.85. The number of fused-ring (bicyclic) bond motifs is 1. The van der Waals surface area contributed by atoms with E-state index in [1.807, 2.05) is 50.2 Å². The molecule has 0 bridgehead atoms. The number of nitro groups is 1. The Morgan fingerprint density at radius 2 is 1.62 bits per heavy atom. The van der Waals surface area contributed by atoms with Gasteiger partial charge in [0.25, 0.3) is 5.69 Å². The van der Waals surface area contributed by atoms with Crippen molar-refractivity contribution in [1.82, 2.24) is 0 Å². The molecule has 0 heterocycles. The second kappa shape index (κ2) is 7.35. The van der Waals surface area contributed by atoms with Gasteiger partial charge in [0.2, 0.25) is 0 Å². The van der Waals surface area contributed by atoms with Crippen LogP contribution < -0.4 is 4.74 Å². The van der Waals surface area contributed by atoms with Crippen molar-refractivity contribution in [3.8, 4) is 5.75 Å². The Bertz CT molecular complexity index is 948. The van der Waals surface area contributed by atoms with Gasteiger partial charge in [0.1, 0.15) is 5.75 Å². The zero-order valence-electron chi connectivity index (χ0n) is 14.6. The van der Waals surface area contributed by atoms with Crippen molar-refractivity contribution in [2.75, 3.05) is 0 Å². The fraction of sp³-hybridized carbons (Fsp3) is 0.190. The second-order valence-corrected chi connectivity index (χ2v) is 6.50. The third-order valence-electron chi connectivity index (χ3n) is 4.32. The lowest BCUT2D eigenvalue weighted by atomic mass is 9.88. The van der Waals surface area contributed by atoms with Gasteiger partial charge in [-0.25, -0.2) is 0 Å². The van der Waals surface area contributed by atoms with E-state index >= 15 is 0 Å². The molecule has 3 aromatic carbocycles.